The molecule has 1 unspecified atom stereocenters. The molecule has 0 spiro atoms. The zero-order valence-electron chi connectivity index (χ0n) is 10.6. The molecule has 3 nitrogen and oxygen atoms in total. The Bertz CT molecular complexity index is 208. The van der Waals surface area contributed by atoms with Crippen molar-refractivity contribution >= 4 is 0 Å². The maximum Gasteiger partial charge on any atom is 0.0663 e. The molecule has 94 valence electrons. The molecular formula is C13H26N2O. The molecule has 1 heterocycles. The highest BCUT2D eigenvalue weighted by molar-refractivity contribution is 4.97. The Labute approximate surface area is 99.3 Å². The average molecular weight is 226 g/mol. The average Bonchev–Trinajstić information content (AvgIpc) is 2.81. The molecule has 2 fully saturated rings. The van der Waals surface area contributed by atoms with E-state index < -0.39 is 0 Å². The van der Waals surface area contributed by atoms with Crippen molar-refractivity contribution in [3.8, 4) is 0 Å². The smallest absolute Gasteiger partial charge is 0.0663 e. The van der Waals surface area contributed by atoms with Crippen LogP contribution in [0.4, 0.5) is 0 Å². The predicted octanol–water partition coefficient (Wildman–Crippen LogP) is 1.76. The predicted molar refractivity (Wildman–Crippen MR) is 66.5 cm³/mol. The number of hydrogen-bond donors (Lipinski definition) is 1. The van der Waals surface area contributed by atoms with Gasteiger partial charge in [0.05, 0.1) is 12.1 Å². The highest BCUT2D eigenvalue weighted by atomic mass is 16.5. The van der Waals surface area contributed by atoms with Crippen molar-refractivity contribution in [3.63, 3.8) is 0 Å². The van der Waals surface area contributed by atoms with Gasteiger partial charge in [-0.15, -0.1) is 0 Å². The van der Waals surface area contributed by atoms with Crippen LogP contribution in [0.25, 0.3) is 0 Å². The van der Waals surface area contributed by atoms with Crippen molar-refractivity contribution in [3.05, 3.63) is 0 Å². The first kappa shape index (κ1) is 12.3. The van der Waals surface area contributed by atoms with Crippen molar-refractivity contribution in [1.29, 1.82) is 0 Å². The van der Waals surface area contributed by atoms with E-state index in [2.05, 4.69) is 11.8 Å². The zero-order valence-corrected chi connectivity index (χ0v) is 10.6. The van der Waals surface area contributed by atoms with E-state index in [-0.39, 0.29) is 5.54 Å². The number of nitrogens with two attached hydrogens (primary N) is 1. The maximum atomic E-state index is 6.03. The number of hydrogen-bond acceptors (Lipinski definition) is 3. The van der Waals surface area contributed by atoms with Gasteiger partial charge in [-0.1, -0.05) is 26.2 Å². The number of ether oxygens (including phenoxy) is 1. The molecule has 0 amide bonds. The molecule has 0 bridgehead atoms. The lowest BCUT2D eigenvalue weighted by Gasteiger charge is -2.45. The SMILES string of the molecule is CCN(C1CCCCC1)C1(CN)CCOC1. The van der Waals surface area contributed by atoms with Crippen LogP contribution in [-0.4, -0.2) is 42.8 Å². The van der Waals surface area contributed by atoms with Crippen LogP contribution in [0.1, 0.15) is 45.4 Å². The van der Waals surface area contributed by atoms with Crippen LogP contribution in [0.15, 0.2) is 0 Å². The molecule has 2 N–H and O–H groups in total. The summed E-state index contributed by atoms with van der Waals surface area (Å²) in [5.74, 6) is 0. The summed E-state index contributed by atoms with van der Waals surface area (Å²) < 4.78 is 5.60. The summed E-state index contributed by atoms with van der Waals surface area (Å²) in [5.41, 5.74) is 6.18. The second kappa shape index (κ2) is 5.48. The molecular weight excluding hydrogens is 200 g/mol. The Morgan fingerprint density at radius 3 is 2.56 bits per heavy atom. The summed E-state index contributed by atoms with van der Waals surface area (Å²) in [5, 5.41) is 0. The van der Waals surface area contributed by atoms with Gasteiger partial charge in [0.15, 0.2) is 0 Å². The standard InChI is InChI=1S/C13H26N2O/c1-2-15(12-6-4-3-5-7-12)13(10-14)8-9-16-11-13/h12H,2-11,14H2,1H3. The third-order valence-corrected chi connectivity index (χ3v) is 4.43. The molecule has 1 saturated heterocycles. The number of nitrogens with zero attached hydrogens (tertiary/aromatic N) is 1. The molecule has 2 rings (SSSR count). The van der Waals surface area contributed by atoms with Gasteiger partial charge in [0.1, 0.15) is 0 Å². The van der Waals surface area contributed by atoms with E-state index in [1.807, 2.05) is 0 Å². The summed E-state index contributed by atoms with van der Waals surface area (Å²) in [6.45, 7) is 5.86. The summed E-state index contributed by atoms with van der Waals surface area (Å²) in [4.78, 5) is 2.65. The Hall–Kier alpha value is -0.120. The minimum atomic E-state index is 0.150. The quantitative estimate of drug-likeness (QED) is 0.794. The van der Waals surface area contributed by atoms with Gasteiger partial charge in [-0.05, 0) is 25.8 Å². The minimum Gasteiger partial charge on any atom is -0.379 e. The van der Waals surface area contributed by atoms with Crippen molar-refractivity contribution in [2.45, 2.75) is 57.0 Å². The van der Waals surface area contributed by atoms with Crippen LogP contribution in [0.2, 0.25) is 0 Å². The van der Waals surface area contributed by atoms with Crippen LogP contribution in [-0.2, 0) is 4.74 Å². The van der Waals surface area contributed by atoms with Crippen molar-refractivity contribution in [2.24, 2.45) is 5.73 Å². The van der Waals surface area contributed by atoms with E-state index in [0.29, 0.717) is 0 Å². The second-order valence-electron chi connectivity index (χ2n) is 5.31. The van der Waals surface area contributed by atoms with Crippen LogP contribution < -0.4 is 5.73 Å². The second-order valence-corrected chi connectivity index (χ2v) is 5.31. The highest BCUT2D eigenvalue weighted by Gasteiger charge is 2.41. The minimum absolute atomic E-state index is 0.150. The number of likely N-dealkylation sites (N-methyl/N-ethyl adjacent to an activating group) is 1. The fourth-order valence-corrected chi connectivity index (χ4v) is 3.47. The largest absolute Gasteiger partial charge is 0.379 e. The first-order chi connectivity index (χ1) is 7.82. The van der Waals surface area contributed by atoms with Crippen LogP contribution in [0.3, 0.4) is 0 Å². The first-order valence-electron chi connectivity index (χ1n) is 6.87. The molecule has 1 atom stereocenters. The molecule has 1 saturated carbocycles. The van der Waals surface area contributed by atoms with E-state index >= 15 is 0 Å². The molecule has 2 aliphatic rings. The normalized spacial score (nSPS) is 32.4. The van der Waals surface area contributed by atoms with Crippen LogP contribution in [0.5, 0.6) is 0 Å². The van der Waals surface area contributed by atoms with Gasteiger partial charge in [-0.25, -0.2) is 0 Å². The molecule has 0 radical (unpaired) electrons. The van der Waals surface area contributed by atoms with Gasteiger partial charge < -0.3 is 10.5 Å². The van der Waals surface area contributed by atoms with Gasteiger partial charge in [0.2, 0.25) is 0 Å². The molecule has 0 aromatic heterocycles. The van der Waals surface area contributed by atoms with Gasteiger partial charge in [-0.2, -0.15) is 0 Å². The lowest BCUT2D eigenvalue weighted by atomic mass is 9.88. The Morgan fingerprint density at radius 1 is 1.31 bits per heavy atom. The highest BCUT2D eigenvalue weighted by Crippen LogP contribution is 2.32. The van der Waals surface area contributed by atoms with Gasteiger partial charge in [0.25, 0.3) is 0 Å². The van der Waals surface area contributed by atoms with Gasteiger partial charge >= 0.3 is 0 Å². The monoisotopic (exact) mass is 226 g/mol. The summed E-state index contributed by atoms with van der Waals surface area (Å²) in [6, 6.07) is 0.754. The number of rotatable bonds is 4. The molecule has 0 aromatic carbocycles. The molecule has 1 aliphatic heterocycles. The fraction of sp³-hybridized carbons (Fsp3) is 1.00. The summed E-state index contributed by atoms with van der Waals surface area (Å²) in [6.07, 6.45) is 8.03. The fourth-order valence-electron chi connectivity index (χ4n) is 3.47. The van der Waals surface area contributed by atoms with Crippen LogP contribution in [0, 0.1) is 0 Å². The molecule has 16 heavy (non-hydrogen) atoms. The molecule has 1 aliphatic carbocycles. The Kier molecular flexibility index (Phi) is 4.22. The topological polar surface area (TPSA) is 38.5 Å². The van der Waals surface area contributed by atoms with Crippen molar-refractivity contribution in [2.75, 3.05) is 26.3 Å². The third-order valence-electron chi connectivity index (χ3n) is 4.43. The summed E-state index contributed by atoms with van der Waals surface area (Å²) >= 11 is 0. The van der Waals surface area contributed by atoms with E-state index in [1.165, 1.54) is 32.1 Å². The molecule has 3 heteroatoms. The van der Waals surface area contributed by atoms with E-state index in [4.69, 9.17) is 10.5 Å². The van der Waals surface area contributed by atoms with E-state index in [1.54, 1.807) is 0 Å². The van der Waals surface area contributed by atoms with E-state index in [0.717, 1.165) is 38.8 Å². The van der Waals surface area contributed by atoms with E-state index in [9.17, 15) is 0 Å². The van der Waals surface area contributed by atoms with Crippen LogP contribution >= 0.6 is 0 Å². The third kappa shape index (κ3) is 2.27. The van der Waals surface area contributed by atoms with Gasteiger partial charge in [0, 0.05) is 19.2 Å². The Morgan fingerprint density at radius 2 is 2.06 bits per heavy atom. The summed E-state index contributed by atoms with van der Waals surface area (Å²) in [7, 11) is 0. The lowest BCUT2D eigenvalue weighted by Crippen LogP contribution is -2.58. The van der Waals surface area contributed by atoms with Gasteiger partial charge in [-0.3, -0.25) is 4.90 Å². The zero-order chi connectivity index (χ0) is 11.4. The molecule has 0 aromatic rings. The lowest BCUT2D eigenvalue weighted by molar-refractivity contribution is 0.0254. The first-order valence-corrected chi connectivity index (χ1v) is 6.87. The van der Waals surface area contributed by atoms with Crippen molar-refractivity contribution < 1.29 is 4.74 Å². The maximum absolute atomic E-state index is 6.03. The van der Waals surface area contributed by atoms with Crippen molar-refractivity contribution in [1.82, 2.24) is 4.90 Å². The Balaban J connectivity index is 2.06.